The average Bonchev–Trinajstić information content (AvgIpc) is 3.23. The van der Waals surface area contributed by atoms with E-state index in [0.717, 1.165) is 11.1 Å². The van der Waals surface area contributed by atoms with Gasteiger partial charge in [0.25, 0.3) is 11.8 Å². The topological polar surface area (TPSA) is 71.3 Å². The molecule has 0 saturated carbocycles. The monoisotopic (exact) mass is 422 g/mol. The molecule has 31 heavy (non-hydrogen) atoms. The lowest BCUT2D eigenvalue weighted by molar-refractivity contribution is 0.0925. The number of nitrogens with one attached hydrogen (secondary N) is 2. The summed E-state index contributed by atoms with van der Waals surface area (Å²) in [5, 5.41) is 5.84. The van der Waals surface area contributed by atoms with Gasteiger partial charge < -0.3 is 15.1 Å². The molecule has 0 aliphatic carbocycles. The number of amides is 2. The molecule has 1 heterocycles. The zero-order chi connectivity index (χ0) is 22.6. The van der Waals surface area contributed by atoms with Gasteiger partial charge in [0.15, 0.2) is 5.76 Å². The van der Waals surface area contributed by atoms with Gasteiger partial charge in [-0.2, -0.15) is 0 Å². The lowest BCUT2D eigenvalue weighted by Gasteiger charge is -2.27. The maximum absolute atomic E-state index is 13.4. The van der Waals surface area contributed by atoms with Gasteiger partial charge in [-0.05, 0) is 66.3 Å². The van der Waals surface area contributed by atoms with Crippen molar-refractivity contribution < 1.29 is 18.4 Å². The Morgan fingerprint density at radius 3 is 2.35 bits per heavy atom. The molecule has 2 N–H and O–H groups in total. The molecule has 0 aliphatic rings. The molecule has 1 atom stereocenters. The minimum atomic E-state index is -0.387. The third kappa shape index (κ3) is 6.04. The highest BCUT2D eigenvalue weighted by Crippen LogP contribution is 2.30. The fourth-order valence-electron chi connectivity index (χ4n) is 3.29. The smallest absolute Gasteiger partial charge is 0.291 e. The molecule has 2 amide bonds. The summed E-state index contributed by atoms with van der Waals surface area (Å²) in [6, 6.07) is 14.2. The molecule has 1 unspecified atom stereocenters. The second-order valence-corrected chi connectivity index (χ2v) is 8.80. The highest BCUT2D eigenvalue weighted by Gasteiger charge is 2.23. The van der Waals surface area contributed by atoms with Gasteiger partial charge in [0, 0.05) is 11.3 Å². The number of aryl methyl sites for hydroxylation is 1. The predicted molar refractivity (Wildman–Crippen MR) is 119 cm³/mol. The van der Waals surface area contributed by atoms with Crippen LogP contribution in [-0.4, -0.2) is 11.8 Å². The van der Waals surface area contributed by atoms with E-state index in [-0.39, 0.29) is 34.8 Å². The second-order valence-electron chi connectivity index (χ2n) is 8.80. The second kappa shape index (κ2) is 9.16. The van der Waals surface area contributed by atoms with Crippen molar-refractivity contribution in [2.45, 2.75) is 40.2 Å². The summed E-state index contributed by atoms with van der Waals surface area (Å²) in [6.45, 7) is 8.11. The van der Waals surface area contributed by atoms with E-state index in [2.05, 4.69) is 31.4 Å². The molecule has 3 rings (SSSR count). The van der Waals surface area contributed by atoms with E-state index in [1.54, 1.807) is 42.5 Å². The van der Waals surface area contributed by atoms with Gasteiger partial charge in [-0.25, -0.2) is 4.39 Å². The van der Waals surface area contributed by atoms with Gasteiger partial charge in [0.2, 0.25) is 0 Å². The highest BCUT2D eigenvalue weighted by molar-refractivity contribution is 6.04. The molecular weight excluding hydrogens is 395 g/mol. The van der Waals surface area contributed by atoms with E-state index < -0.39 is 0 Å². The molecule has 6 heteroatoms. The SMILES string of the molecule is Cc1ccc(C(=O)NC(CC(C)(C)C)c2ccc(F)cc2)cc1NC(=O)c1ccco1. The molecule has 0 spiro atoms. The Kier molecular flexibility index (Phi) is 6.59. The molecule has 0 fully saturated rings. The van der Waals surface area contributed by atoms with Crippen LogP contribution in [-0.2, 0) is 0 Å². The molecule has 0 aliphatic heterocycles. The lowest BCUT2D eigenvalue weighted by Crippen LogP contribution is -2.31. The van der Waals surface area contributed by atoms with Gasteiger partial charge in [-0.1, -0.05) is 39.0 Å². The fourth-order valence-corrected chi connectivity index (χ4v) is 3.29. The molecule has 162 valence electrons. The van der Waals surface area contributed by atoms with Crippen molar-refractivity contribution in [2.24, 2.45) is 5.41 Å². The summed E-state index contributed by atoms with van der Waals surface area (Å²) in [5.41, 5.74) is 2.55. The quantitative estimate of drug-likeness (QED) is 0.521. The Hall–Kier alpha value is -3.41. The number of halogens is 1. The third-order valence-corrected chi connectivity index (χ3v) is 4.89. The van der Waals surface area contributed by atoms with E-state index >= 15 is 0 Å². The van der Waals surface area contributed by atoms with Crippen molar-refractivity contribution in [1.29, 1.82) is 0 Å². The molecule has 2 aromatic carbocycles. The molecule has 0 radical (unpaired) electrons. The minimum Gasteiger partial charge on any atom is -0.459 e. The maximum atomic E-state index is 13.4. The third-order valence-electron chi connectivity index (χ3n) is 4.89. The van der Waals surface area contributed by atoms with Crippen molar-refractivity contribution in [2.75, 3.05) is 5.32 Å². The van der Waals surface area contributed by atoms with Gasteiger partial charge >= 0.3 is 0 Å². The van der Waals surface area contributed by atoms with Crippen LogP contribution in [0.15, 0.2) is 65.3 Å². The Bertz CT molecular complexity index is 1050. The summed E-state index contributed by atoms with van der Waals surface area (Å²) in [5.74, 6) is -0.787. The van der Waals surface area contributed by atoms with Crippen molar-refractivity contribution in [3.8, 4) is 0 Å². The molecule has 1 aromatic heterocycles. The van der Waals surface area contributed by atoms with Crippen LogP contribution in [0.1, 0.15) is 65.3 Å². The van der Waals surface area contributed by atoms with E-state index in [1.165, 1.54) is 18.4 Å². The van der Waals surface area contributed by atoms with Crippen LogP contribution in [0.4, 0.5) is 10.1 Å². The molecular formula is C25H27FN2O3. The number of hydrogen-bond donors (Lipinski definition) is 2. The van der Waals surface area contributed by atoms with E-state index in [0.29, 0.717) is 17.7 Å². The Labute approximate surface area is 181 Å². The van der Waals surface area contributed by atoms with Crippen LogP contribution in [0.2, 0.25) is 0 Å². The number of hydrogen-bond acceptors (Lipinski definition) is 3. The van der Waals surface area contributed by atoms with Gasteiger partial charge in [-0.15, -0.1) is 0 Å². The highest BCUT2D eigenvalue weighted by atomic mass is 19.1. The number of furan rings is 1. The first-order valence-electron chi connectivity index (χ1n) is 10.1. The summed E-state index contributed by atoms with van der Waals surface area (Å²) < 4.78 is 18.5. The van der Waals surface area contributed by atoms with E-state index in [9.17, 15) is 14.0 Å². The first-order valence-corrected chi connectivity index (χ1v) is 10.1. The standard InChI is InChI=1S/C25H27FN2O3/c1-16-7-8-18(14-20(16)27-24(30)22-6-5-13-31-22)23(29)28-21(15-25(2,3)4)17-9-11-19(26)12-10-17/h5-14,21H,15H2,1-4H3,(H,27,30)(H,28,29). The summed E-state index contributed by atoms with van der Waals surface area (Å²) in [6.07, 6.45) is 2.11. The van der Waals surface area contributed by atoms with Crippen molar-refractivity contribution >= 4 is 17.5 Å². The maximum Gasteiger partial charge on any atom is 0.291 e. The summed E-state index contributed by atoms with van der Waals surface area (Å²) in [7, 11) is 0. The van der Waals surface area contributed by atoms with Crippen LogP contribution in [0.3, 0.4) is 0 Å². The van der Waals surface area contributed by atoms with Crippen LogP contribution < -0.4 is 10.6 Å². The summed E-state index contributed by atoms with van der Waals surface area (Å²) >= 11 is 0. The Morgan fingerprint density at radius 1 is 1.03 bits per heavy atom. The Morgan fingerprint density at radius 2 is 1.74 bits per heavy atom. The fraction of sp³-hybridized carbons (Fsp3) is 0.280. The minimum absolute atomic E-state index is 0.0538. The first kappa shape index (κ1) is 22.3. The van der Waals surface area contributed by atoms with Crippen LogP contribution >= 0.6 is 0 Å². The normalized spacial score (nSPS) is 12.3. The first-order chi connectivity index (χ1) is 14.6. The Balaban J connectivity index is 1.81. The molecule has 0 bridgehead atoms. The van der Waals surface area contributed by atoms with Crippen molar-refractivity contribution in [3.63, 3.8) is 0 Å². The zero-order valence-electron chi connectivity index (χ0n) is 18.2. The van der Waals surface area contributed by atoms with Crippen molar-refractivity contribution in [1.82, 2.24) is 5.32 Å². The molecule has 3 aromatic rings. The number of carbonyl (C=O) groups excluding carboxylic acids is 2. The van der Waals surface area contributed by atoms with Gasteiger partial charge in [-0.3, -0.25) is 9.59 Å². The number of benzene rings is 2. The van der Waals surface area contributed by atoms with Gasteiger partial charge in [0.1, 0.15) is 5.82 Å². The van der Waals surface area contributed by atoms with Crippen LogP contribution in [0.5, 0.6) is 0 Å². The number of rotatable bonds is 6. The average molecular weight is 423 g/mol. The summed E-state index contributed by atoms with van der Waals surface area (Å²) in [4.78, 5) is 25.4. The largest absolute Gasteiger partial charge is 0.459 e. The van der Waals surface area contributed by atoms with Crippen molar-refractivity contribution in [3.05, 3.63) is 89.1 Å². The molecule has 0 saturated heterocycles. The number of carbonyl (C=O) groups is 2. The van der Waals surface area contributed by atoms with E-state index in [1.807, 2.05) is 6.92 Å². The van der Waals surface area contributed by atoms with E-state index in [4.69, 9.17) is 4.42 Å². The molecule has 5 nitrogen and oxygen atoms in total. The number of anilines is 1. The van der Waals surface area contributed by atoms with Gasteiger partial charge in [0.05, 0.1) is 12.3 Å². The predicted octanol–water partition coefficient (Wildman–Crippen LogP) is 5.89. The zero-order valence-corrected chi connectivity index (χ0v) is 18.2. The lowest BCUT2D eigenvalue weighted by atomic mass is 9.85. The van der Waals surface area contributed by atoms with Crippen LogP contribution in [0.25, 0.3) is 0 Å². The van der Waals surface area contributed by atoms with Crippen LogP contribution in [0, 0.1) is 18.2 Å².